The first-order valence-corrected chi connectivity index (χ1v) is 17.0. The summed E-state index contributed by atoms with van der Waals surface area (Å²) in [6, 6.07) is 0. The predicted molar refractivity (Wildman–Crippen MR) is 173 cm³/mol. The lowest BCUT2D eigenvalue weighted by Gasteiger charge is -2.15. The summed E-state index contributed by atoms with van der Waals surface area (Å²) in [5.41, 5.74) is 0. The van der Waals surface area contributed by atoms with E-state index in [0.29, 0.717) is 12.8 Å². The summed E-state index contributed by atoms with van der Waals surface area (Å²) in [7, 11) is 0. The van der Waals surface area contributed by atoms with Crippen LogP contribution in [0.25, 0.3) is 0 Å². The second-order valence-corrected chi connectivity index (χ2v) is 11.2. The molecule has 5 nitrogen and oxygen atoms in total. The molecule has 0 radical (unpaired) electrons. The maximum Gasteiger partial charge on any atom is 0.306 e. The molecule has 0 amide bonds. The fourth-order valence-corrected chi connectivity index (χ4v) is 4.50. The van der Waals surface area contributed by atoms with Gasteiger partial charge in [0.25, 0.3) is 0 Å². The van der Waals surface area contributed by atoms with Crippen LogP contribution < -0.4 is 0 Å². The van der Waals surface area contributed by atoms with Gasteiger partial charge in [-0.15, -0.1) is 0 Å². The summed E-state index contributed by atoms with van der Waals surface area (Å²) in [5.74, 6) is -0.620. The van der Waals surface area contributed by atoms with Gasteiger partial charge in [-0.2, -0.15) is 0 Å². The van der Waals surface area contributed by atoms with Crippen LogP contribution in [-0.2, 0) is 19.1 Å². The van der Waals surface area contributed by atoms with Crippen molar-refractivity contribution in [1.82, 2.24) is 0 Å². The van der Waals surface area contributed by atoms with Crippen LogP contribution in [0.15, 0.2) is 36.5 Å². The van der Waals surface area contributed by atoms with Gasteiger partial charge in [-0.1, -0.05) is 121 Å². The number of hydrogen-bond acceptors (Lipinski definition) is 5. The molecule has 1 N–H and O–H groups in total. The summed E-state index contributed by atoms with van der Waals surface area (Å²) in [6.45, 7) is 4.04. The molecular formula is C36H64O5. The van der Waals surface area contributed by atoms with Gasteiger partial charge in [-0.05, 0) is 64.2 Å². The molecular weight excluding hydrogens is 512 g/mol. The molecule has 0 saturated heterocycles. The Morgan fingerprint density at radius 3 is 1.54 bits per heavy atom. The van der Waals surface area contributed by atoms with E-state index >= 15 is 0 Å². The topological polar surface area (TPSA) is 72.8 Å². The summed E-state index contributed by atoms with van der Waals surface area (Å²) in [5, 5.41) is 9.50. The largest absolute Gasteiger partial charge is 0.462 e. The van der Waals surface area contributed by atoms with Crippen molar-refractivity contribution in [1.29, 1.82) is 0 Å². The molecule has 41 heavy (non-hydrogen) atoms. The Morgan fingerprint density at radius 2 is 1.00 bits per heavy atom. The molecule has 0 bridgehead atoms. The van der Waals surface area contributed by atoms with Crippen molar-refractivity contribution < 1.29 is 24.2 Å². The van der Waals surface area contributed by atoms with E-state index in [9.17, 15) is 14.7 Å². The third-order valence-corrected chi connectivity index (χ3v) is 7.16. The fraction of sp³-hybridized carbons (Fsp3) is 0.778. The standard InChI is InChI=1S/C36H64O5/c1-3-5-7-9-11-13-15-17-19-20-22-24-26-28-30-35(38)40-33-34(32-37)41-36(39)31-29-27-25-23-21-18-16-14-12-10-8-6-4-2/h9,11,14-17,34,37H,3-8,10,12-13,18-33H2,1-2H3/b11-9+,16-14+,17-15+/t34-/m0/s1. The first-order chi connectivity index (χ1) is 20.1. The number of carbonyl (C=O) groups excluding carboxylic acids is 2. The van der Waals surface area contributed by atoms with Gasteiger partial charge in [0.05, 0.1) is 6.61 Å². The zero-order valence-electron chi connectivity index (χ0n) is 26.8. The second kappa shape index (κ2) is 32.6. The van der Waals surface area contributed by atoms with Gasteiger partial charge in [0.1, 0.15) is 6.61 Å². The molecule has 0 aliphatic carbocycles. The summed E-state index contributed by atoms with van der Waals surface area (Å²) in [4.78, 5) is 24.1. The van der Waals surface area contributed by atoms with Crippen LogP contribution in [0, 0.1) is 0 Å². The van der Waals surface area contributed by atoms with E-state index in [-0.39, 0.29) is 25.2 Å². The van der Waals surface area contributed by atoms with Crippen molar-refractivity contribution in [2.24, 2.45) is 0 Å². The van der Waals surface area contributed by atoms with Gasteiger partial charge in [-0.3, -0.25) is 9.59 Å². The van der Waals surface area contributed by atoms with Gasteiger partial charge >= 0.3 is 11.9 Å². The highest BCUT2D eigenvalue weighted by Gasteiger charge is 2.16. The number of hydrogen-bond donors (Lipinski definition) is 1. The molecule has 0 unspecified atom stereocenters. The number of rotatable bonds is 30. The van der Waals surface area contributed by atoms with Gasteiger partial charge in [0.15, 0.2) is 6.10 Å². The zero-order valence-corrected chi connectivity index (χ0v) is 26.8. The molecule has 0 rings (SSSR count). The minimum Gasteiger partial charge on any atom is -0.462 e. The average Bonchev–Trinajstić information content (AvgIpc) is 2.97. The lowest BCUT2D eigenvalue weighted by molar-refractivity contribution is -0.161. The summed E-state index contributed by atoms with van der Waals surface area (Å²) in [6.07, 6.45) is 37.6. The molecule has 0 aliphatic heterocycles. The number of carbonyl (C=O) groups is 2. The Hall–Kier alpha value is -1.88. The first-order valence-electron chi connectivity index (χ1n) is 17.0. The van der Waals surface area contributed by atoms with Crippen molar-refractivity contribution in [3.63, 3.8) is 0 Å². The molecule has 0 fully saturated rings. The normalized spacial score (nSPS) is 12.6. The van der Waals surface area contributed by atoms with Crippen LogP contribution in [0.5, 0.6) is 0 Å². The van der Waals surface area contributed by atoms with E-state index in [1.54, 1.807) is 0 Å². The van der Waals surface area contributed by atoms with Crippen LogP contribution in [0.3, 0.4) is 0 Å². The monoisotopic (exact) mass is 576 g/mol. The Balaban J connectivity index is 3.63. The Bertz CT molecular complexity index is 667. The molecule has 1 atom stereocenters. The van der Waals surface area contributed by atoms with Crippen LogP contribution in [0.4, 0.5) is 0 Å². The van der Waals surface area contributed by atoms with Crippen molar-refractivity contribution in [3.8, 4) is 0 Å². The number of aliphatic hydroxyl groups excluding tert-OH is 1. The minimum absolute atomic E-state index is 0.0761. The zero-order chi connectivity index (χ0) is 30.1. The number of esters is 2. The molecule has 238 valence electrons. The molecule has 0 aliphatic rings. The highest BCUT2D eigenvalue weighted by Crippen LogP contribution is 2.11. The summed E-state index contributed by atoms with van der Waals surface area (Å²) < 4.78 is 10.5. The first kappa shape index (κ1) is 39.1. The van der Waals surface area contributed by atoms with Crippen LogP contribution in [0.1, 0.15) is 162 Å². The maximum atomic E-state index is 12.1. The quantitative estimate of drug-likeness (QED) is 0.0523. The molecule has 0 saturated carbocycles. The van der Waals surface area contributed by atoms with Gasteiger partial charge in [-0.25, -0.2) is 0 Å². The SMILES string of the molecule is CCCC/C=C/C/C=C/CCCCCCCC(=O)OC[C@H](CO)OC(=O)CCCCCCC/C=C/CCCCCC. The van der Waals surface area contributed by atoms with E-state index in [0.717, 1.165) is 57.8 Å². The van der Waals surface area contributed by atoms with Crippen molar-refractivity contribution in [2.45, 2.75) is 168 Å². The maximum absolute atomic E-state index is 12.1. The highest BCUT2D eigenvalue weighted by atomic mass is 16.6. The Morgan fingerprint density at radius 1 is 0.561 bits per heavy atom. The third-order valence-electron chi connectivity index (χ3n) is 7.16. The van der Waals surface area contributed by atoms with Gasteiger partial charge in [0, 0.05) is 12.8 Å². The van der Waals surface area contributed by atoms with Crippen LogP contribution in [0.2, 0.25) is 0 Å². The van der Waals surface area contributed by atoms with E-state index in [2.05, 4.69) is 50.3 Å². The smallest absolute Gasteiger partial charge is 0.306 e. The highest BCUT2D eigenvalue weighted by molar-refractivity contribution is 5.70. The Kier molecular flexibility index (Phi) is 31.1. The Labute approximate surface area is 253 Å². The lowest BCUT2D eigenvalue weighted by atomic mass is 10.1. The van der Waals surface area contributed by atoms with E-state index < -0.39 is 6.10 Å². The molecule has 0 aromatic rings. The molecule has 0 heterocycles. The third kappa shape index (κ3) is 30.9. The molecule has 0 aromatic carbocycles. The van der Waals surface area contributed by atoms with E-state index in [4.69, 9.17) is 9.47 Å². The van der Waals surface area contributed by atoms with Gasteiger partial charge in [0.2, 0.25) is 0 Å². The van der Waals surface area contributed by atoms with Gasteiger partial charge < -0.3 is 14.6 Å². The average molecular weight is 577 g/mol. The van der Waals surface area contributed by atoms with Crippen molar-refractivity contribution in [2.75, 3.05) is 13.2 Å². The summed E-state index contributed by atoms with van der Waals surface area (Å²) >= 11 is 0. The number of unbranched alkanes of at least 4 members (excludes halogenated alkanes) is 16. The van der Waals surface area contributed by atoms with E-state index in [1.165, 1.54) is 77.0 Å². The molecule has 5 heteroatoms. The number of ether oxygens (including phenoxy) is 2. The second-order valence-electron chi connectivity index (χ2n) is 11.2. The minimum atomic E-state index is -0.778. The van der Waals surface area contributed by atoms with E-state index in [1.807, 2.05) is 0 Å². The molecule has 0 aromatic heterocycles. The molecule has 0 spiro atoms. The number of allylic oxidation sites excluding steroid dienone is 6. The lowest BCUT2D eigenvalue weighted by Crippen LogP contribution is -2.28. The predicted octanol–water partition coefficient (Wildman–Crippen LogP) is 10.1. The van der Waals surface area contributed by atoms with Crippen LogP contribution >= 0.6 is 0 Å². The fourth-order valence-electron chi connectivity index (χ4n) is 4.50. The van der Waals surface area contributed by atoms with Crippen molar-refractivity contribution >= 4 is 11.9 Å². The van der Waals surface area contributed by atoms with Crippen molar-refractivity contribution in [3.05, 3.63) is 36.5 Å². The number of aliphatic hydroxyl groups is 1. The van der Waals surface area contributed by atoms with Crippen LogP contribution in [-0.4, -0.2) is 36.4 Å².